The number of methoxy groups -OCH3 is 1. The zero-order valence-corrected chi connectivity index (χ0v) is 42.9. The number of nitrogens with zero attached hydrogens (tertiary/aromatic N) is 5. The Kier molecular flexibility index (Phi) is 14.0. The second kappa shape index (κ2) is 20.1. The smallest absolute Gasteiger partial charge is 0.410 e. The third-order valence-corrected chi connectivity index (χ3v) is 14.6. The van der Waals surface area contributed by atoms with E-state index >= 15 is 0 Å². The van der Waals surface area contributed by atoms with Crippen LogP contribution in [0, 0.1) is 10.8 Å². The van der Waals surface area contributed by atoms with Crippen LogP contribution in [-0.2, 0) is 54.5 Å². The third-order valence-electron chi connectivity index (χ3n) is 14.6. The molecule has 3 fully saturated rings. The van der Waals surface area contributed by atoms with E-state index in [2.05, 4.69) is 59.2 Å². The number of rotatable bonds is 8. The van der Waals surface area contributed by atoms with Crippen LogP contribution >= 0.6 is 0 Å². The number of nitrogens with one attached hydrogen (secondary N) is 2. The van der Waals surface area contributed by atoms with Gasteiger partial charge in [-0.15, -0.1) is 0 Å². The van der Waals surface area contributed by atoms with Crippen molar-refractivity contribution in [1.82, 2.24) is 30.2 Å². The molecular weight excluding hydrogens is 915 g/mol. The van der Waals surface area contributed by atoms with Gasteiger partial charge in [0.05, 0.1) is 36.0 Å². The first-order chi connectivity index (χ1) is 34.3. The molecule has 3 aromatic carbocycles. The molecule has 0 radical (unpaired) electrons. The summed E-state index contributed by atoms with van der Waals surface area (Å²) in [4.78, 5) is 64.6. The van der Waals surface area contributed by atoms with E-state index in [1.807, 2.05) is 55.6 Å². The lowest BCUT2D eigenvalue weighted by Gasteiger charge is -2.40. The number of amides is 3. The Balaban J connectivity index is 1.13. The van der Waals surface area contributed by atoms with Crippen LogP contribution < -0.4 is 15.6 Å². The fraction of sp³-hybridized carbons (Fsp3) is 0.482. The highest BCUT2D eigenvalue weighted by Gasteiger charge is 2.56. The highest BCUT2D eigenvalue weighted by molar-refractivity contribution is 5.96. The van der Waals surface area contributed by atoms with Crippen molar-refractivity contribution < 1.29 is 43.2 Å². The Morgan fingerprint density at radius 2 is 1.71 bits per heavy atom. The number of aromatic nitrogens is 2. The number of cyclic esters (lactones) is 1. The van der Waals surface area contributed by atoms with Crippen molar-refractivity contribution in [3.05, 3.63) is 101 Å². The van der Waals surface area contributed by atoms with Gasteiger partial charge < -0.3 is 43.7 Å². The number of alkyl carbamates (subject to hydrolysis) is 1. The minimum absolute atomic E-state index is 0.00854. The van der Waals surface area contributed by atoms with Crippen LogP contribution in [-0.4, -0.2) is 113 Å². The summed E-state index contributed by atoms with van der Waals surface area (Å²) in [5, 5.41) is 16.6. The van der Waals surface area contributed by atoms with Crippen molar-refractivity contribution in [3.8, 4) is 28.1 Å². The molecule has 4 aliphatic rings. The van der Waals surface area contributed by atoms with Crippen molar-refractivity contribution in [1.29, 1.82) is 0 Å². The minimum atomic E-state index is -1.10. The van der Waals surface area contributed by atoms with Gasteiger partial charge in [0.15, 0.2) is 0 Å². The molecule has 5 heterocycles. The van der Waals surface area contributed by atoms with Crippen LogP contribution in [0.3, 0.4) is 0 Å². The number of aryl methyl sites for hydroxylation is 1. The lowest BCUT2D eigenvalue weighted by Crippen LogP contribution is -2.63. The molecule has 3 N–H and O–H groups in total. The number of phenolic OH excluding ortho intramolecular Hbond substituents is 1. The maximum atomic E-state index is 14.5. The number of phenols is 1. The van der Waals surface area contributed by atoms with Gasteiger partial charge in [0.1, 0.15) is 30.0 Å². The second-order valence-electron chi connectivity index (χ2n) is 21.7. The number of hydrogen-bond donors (Lipinski definition) is 3. The van der Waals surface area contributed by atoms with Crippen LogP contribution in [0.2, 0.25) is 0 Å². The lowest BCUT2D eigenvalue weighted by molar-refractivity contribution is -0.158. The Labute approximate surface area is 421 Å². The lowest BCUT2D eigenvalue weighted by atomic mass is 9.83. The molecule has 1 unspecified atom stereocenters. The first-order valence-corrected chi connectivity index (χ1v) is 25.3. The number of benzene rings is 3. The molecule has 16 heteroatoms. The van der Waals surface area contributed by atoms with E-state index in [-0.39, 0.29) is 43.0 Å². The van der Waals surface area contributed by atoms with Crippen molar-refractivity contribution in [2.75, 3.05) is 51.3 Å². The SMILES string of the molecule is CCn1c(-c2cc(N3CCN(C(=O)OCc4ccccc4)CC3)cnc2[C@H](C)OC)c2c3cc(ccc31)-c1cc(O)cc(c1)C[C@H](NC(=O)OC(C)(C)C)C(=O)N1CCC3(CC3)C(N1)C(=O)OCC(C)(C)C2. The Hall–Kier alpha value is -6.65. The van der Waals surface area contributed by atoms with Crippen LogP contribution in [0.4, 0.5) is 15.3 Å². The second-order valence-corrected chi connectivity index (χ2v) is 21.7. The van der Waals surface area contributed by atoms with Crippen LogP contribution in [0.1, 0.15) is 96.2 Å². The minimum Gasteiger partial charge on any atom is -0.508 e. The van der Waals surface area contributed by atoms with Gasteiger partial charge >= 0.3 is 18.2 Å². The van der Waals surface area contributed by atoms with Crippen LogP contribution in [0.5, 0.6) is 5.75 Å². The molecule has 1 aliphatic carbocycles. The molecule has 3 amide bonds. The summed E-state index contributed by atoms with van der Waals surface area (Å²) in [7, 11) is 1.68. The number of hydrogen-bond acceptors (Lipinski definition) is 12. The third kappa shape index (κ3) is 10.8. The topological polar surface area (TPSA) is 177 Å². The average molecular weight is 984 g/mol. The summed E-state index contributed by atoms with van der Waals surface area (Å²) in [5.41, 5.74) is 10.2. The van der Waals surface area contributed by atoms with Gasteiger partial charge in [-0.3, -0.25) is 19.6 Å². The van der Waals surface area contributed by atoms with E-state index < -0.39 is 41.1 Å². The predicted octanol–water partition coefficient (Wildman–Crippen LogP) is 8.71. The largest absolute Gasteiger partial charge is 0.508 e. The number of piperazine rings is 1. The highest BCUT2D eigenvalue weighted by atomic mass is 16.6. The maximum Gasteiger partial charge on any atom is 0.410 e. The highest BCUT2D eigenvalue weighted by Crippen LogP contribution is 2.54. The monoisotopic (exact) mass is 984 g/mol. The van der Waals surface area contributed by atoms with E-state index in [4.69, 9.17) is 23.9 Å². The summed E-state index contributed by atoms with van der Waals surface area (Å²) >= 11 is 0. The molecule has 5 aromatic rings. The van der Waals surface area contributed by atoms with Crippen molar-refractivity contribution in [3.63, 3.8) is 0 Å². The molecule has 2 aromatic heterocycles. The number of ether oxygens (including phenoxy) is 4. The van der Waals surface area contributed by atoms with Gasteiger partial charge in [-0.25, -0.2) is 15.0 Å². The van der Waals surface area contributed by atoms with E-state index in [0.717, 1.165) is 68.6 Å². The van der Waals surface area contributed by atoms with Crippen LogP contribution in [0.25, 0.3) is 33.3 Å². The first-order valence-electron chi connectivity index (χ1n) is 25.3. The van der Waals surface area contributed by atoms with Crippen molar-refractivity contribution >= 4 is 40.7 Å². The molecule has 1 spiro atoms. The zero-order chi connectivity index (χ0) is 51.1. The molecule has 72 heavy (non-hydrogen) atoms. The molecule has 9 rings (SSSR count). The maximum absolute atomic E-state index is 14.5. The summed E-state index contributed by atoms with van der Waals surface area (Å²) in [6.07, 6.45) is 3.22. The fourth-order valence-electron chi connectivity index (χ4n) is 10.6. The molecule has 16 nitrogen and oxygen atoms in total. The summed E-state index contributed by atoms with van der Waals surface area (Å²) < 4.78 is 25.9. The quantitative estimate of drug-likeness (QED) is 0.0998. The van der Waals surface area contributed by atoms with Crippen LogP contribution in [0.15, 0.2) is 79.0 Å². The normalized spacial score (nSPS) is 20.4. The number of carbonyl (C=O) groups is 4. The van der Waals surface area contributed by atoms with E-state index in [1.165, 1.54) is 5.01 Å². The van der Waals surface area contributed by atoms with Gasteiger partial charge in [-0.1, -0.05) is 56.3 Å². The number of fused-ring (bicyclic) bond motifs is 7. The molecule has 2 saturated heterocycles. The van der Waals surface area contributed by atoms with E-state index in [9.17, 15) is 24.3 Å². The average Bonchev–Trinajstić information content (AvgIpc) is 4.06. The number of aromatic hydroxyl groups is 1. The summed E-state index contributed by atoms with van der Waals surface area (Å²) in [6, 6.07) is 21.5. The van der Waals surface area contributed by atoms with E-state index in [1.54, 1.807) is 44.9 Å². The Bertz CT molecular complexity index is 2840. The van der Waals surface area contributed by atoms with E-state index in [0.29, 0.717) is 57.7 Å². The van der Waals surface area contributed by atoms with Gasteiger partial charge in [0, 0.05) is 74.7 Å². The predicted molar refractivity (Wildman–Crippen MR) is 274 cm³/mol. The molecule has 3 atom stereocenters. The van der Waals surface area contributed by atoms with Crippen molar-refractivity contribution in [2.24, 2.45) is 10.8 Å². The number of anilines is 1. The molecule has 6 bridgehead atoms. The zero-order valence-electron chi connectivity index (χ0n) is 42.9. The van der Waals surface area contributed by atoms with Gasteiger partial charge in [0.2, 0.25) is 0 Å². The first kappa shape index (κ1) is 50.3. The molecule has 3 aliphatic heterocycles. The molecule has 1 saturated carbocycles. The summed E-state index contributed by atoms with van der Waals surface area (Å²) in [5.74, 6) is -0.846. The Morgan fingerprint density at radius 3 is 2.40 bits per heavy atom. The number of carbonyl (C=O) groups excluding carboxylic acids is 4. The van der Waals surface area contributed by atoms with Crippen molar-refractivity contribution in [2.45, 2.75) is 118 Å². The fourth-order valence-corrected chi connectivity index (χ4v) is 10.6. The number of pyridine rings is 1. The van der Waals surface area contributed by atoms with Gasteiger partial charge in [-0.05, 0) is 124 Å². The standard InChI is InChI=1S/C56H69N7O9/c1-9-62-46-16-15-38-29-42(46)44(48(62)43-30-40(32-57-47(43)35(2)69-8)60-21-23-61(24-22-60)53(68)70-33-36-13-11-10-12-14-36)31-55(6,7)34-71-51(66)49-56(17-18-56)19-20-63(59-49)50(65)45(58-52(67)72-54(3,4)5)27-37-25-39(38)28-41(64)26-37/h10-16,25-26,28-30,32,35,45,49,59,64H,9,17-24,27,31,33-34H2,1-8H3,(H,58,67)/t35-,45-,49?/m0/s1. The number of esters is 1. The van der Waals surface area contributed by atoms with Gasteiger partial charge in [-0.2, -0.15) is 0 Å². The summed E-state index contributed by atoms with van der Waals surface area (Å²) in [6.45, 7) is 17.0. The molecule has 382 valence electrons. The number of hydrazine groups is 1. The van der Waals surface area contributed by atoms with Gasteiger partial charge in [0.25, 0.3) is 5.91 Å². The molecular formula is C56H69N7O9. The Morgan fingerprint density at radius 1 is 0.958 bits per heavy atom.